The normalized spacial score (nSPS) is 10.7. The molecule has 32 heavy (non-hydrogen) atoms. The number of aryl methyl sites for hydroxylation is 1. The van der Waals surface area contributed by atoms with E-state index < -0.39 is 12.8 Å². The molecule has 176 valence electrons. The highest BCUT2D eigenvalue weighted by atomic mass is 19.3. The van der Waals surface area contributed by atoms with Gasteiger partial charge in [-0.25, -0.2) is 14.3 Å². The van der Waals surface area contributed by atoms with Crippen LogP contribution in [-0.4, -0.2) is 24.6 Å². The van der Waals surface area contributed by atoms with Crippen molar-refractivity contribution >= 4 is 11.5 Å². The van der Waals surface area contributed by atoms with E-state index in [1.807, 2.05) is 32.9 Å². The van der Waals surface area contributed by atoms with Crippen molar-refractivity contribution in [3.05, 3.63) is 89.4 Å². The van der Waals surface area contributed by atoms with Crippen molar-refractivity contribution in [3.8, 4) is 0 Å². The zero-order chi connectivity index (χ0) is 24.4. The van der Waals surface area contributed by atoms with Crippen molar-refractivity contribution < 1.29 is 23.2 Å². The first-order valence-corrected chi connectivity index (χ1v) is 10.4. The molecule has 3 N–H and O–H groups in total. The van der Waals surface area contributed by atoms with Crippen LogP contribution in [0.15, 0.2) is 71.2 Å². The van der Waals surface area contributed by atoms with Gasteiger partial charge in [0.15, 0.2) is 5.76 Å². The summed E-state index contributed by atoms with van der Waals surface area (Å²) in [7, 11) is 0. The van der Waals surface area contributed by atoms with Crippen molar-refractivity contribution in [1.82, 2.24) is 10.8 Å². The molecule has 0 bridgehead atoms. The smallest absolute Gasteiger partial charge is 0.310 e. The van der Waals surface area contributed by atoms with Gasteiger partial charge < -0.3 is 9.73 Å². The fourth-order valence-electron chi connectivity index (χ4n) is 2.47. The molecule has 1 heterocycles. The molecule has 0 saturated heterocycles. The second kappa shape index (κ2) is 17.6. The van der Waals surface area contributed by atoms with Gasteiger partial charge in [-0.1, -0.05) is 74.1 Å². The predicted octanol–water partition coefficient (Wildman–Crippen LogP) is 6.31. The highest BCUT2D eigenvalue weighted by Gasteiger charge is 2.10. The molecule has 0 unspecified atom stereocenters. The van der Waals surface area contributed by atoms with Gasteiger partial charge in [0.2, 0.25) is 6.93 Å². The van der Waals surface area contributed by atoms with Crippen LogP contribution in [-0.2, 0) is 6.54 Å². The fraction of sp³-hybridized carbons (Fsp3) is 0.320. The Balaban J connectivity index is 0.00000177. The summed E-state index contributed by atoms with van der Waals surface area (Å²) in [6, 6.07) is 11.6. The molecule has 5 nitrogen and oxygen atoms in total. The van der Waals surface area contributed by atoms with Crippen molar-refractivity contribution in [2.24, 2.45) is 0 Å². The molecule has 0 saturated carbocycles. The van der Waals surface area contributed by atoms with E-state index in [-0.39, 0.29) is 5.76 Å². The average Bonchev–Trinajstić information content (AvgIpc) is 3.31. The fourth-order valence-corrected chi connectivity index (χ4v) is 2.47. The van der Waals surface area contributed by atoms with Crippen LogP contribution >= 0.6 is 0 Å². The summed E-state index contributed by atoms with van der Waals surface area (Å²) in [4.78, 5) is 11.3. The van der Waals surface area contributed by atoms with Crippen LogP contribution < -0.4 is 10.8 Å². The summed E-state index contributed by atoms with van der Waals surface area (Å²) in [6.45, 7) is 12.0. The third-order valence-corrected chi connectivity index (χ3v) is 4.16. The van der Waals surface area contributed by atoms with Gasteiger partial charge in [-0.05, 0) is 44.5 Å². The molecule has 1 aromatic carbocycles. The van der Waals surface area contributed by atoms with Gasteiger partial charge in [-0.3, -0.25) is 10.0 Å². The number of carbonyl (C=O) groups is 1. The summed E-state index contributed by atoms with van der Waals surface area (Å²) in [6.07, 6.45) is 6.80. The van der Waals surface area contributed by atoms with E-state index in [1.165, 1.54) is 28.2 Å². The zero-order valence-corrected chi connectivity index (χ0v) is 19.3. The van der Waals surface area contributed by atoms with Crippen LogP contribution in [0.1, 0.15) is 54.6 Å². The lowest BCUT2D eigenvalue weighted by Crippen LogP contribution is -2.17. The molecular formula is C25H34F2N2O3. The second-order valence-electron chi connectivity index (χ2n) is 6.34. The number of benzene rings is 1. The maximum Gasteiger partial charge on any atom is 0.310 e. The number of hydrogen-bond acceptors (Lipinski definition) is 4. The Morgan fingerprint density at radius 1 is 1.09 bits per heavy atom. The Morgan fingerprint density at radius 2 is 1.69 bits per heavy atom. The number of halogens is 2. The summed E-state index contributed by atoms with van der Waals surface area (Å²) in [5, 5.41) is 12.1. The standard InChI is InChI=1S/C22H26N2O3.C2H6.CH2F2/c1-4-18(13-14-23-15-19-8-5-16(2)6-9-19)10-7-17(3)20-11-12-21(27-20)22(25)24-26;1-2;2-1-3/h4-12,23,26H,3,13-15H2,1-2H3,(H,24,25);1-2H3;1H2/b10-7-,18-4+;;. The number of alkyl halides is 2. The largest absolute Gasteiger partial charge is 0.451 e. The maximum absolute atomic E-state index is 11.3. The SMILES string of the molecule is C=C(/C=C\C(=C/C)CCNCc1ccc(C)cc1)c1ccc(C(=O)NO)o1.CC.FCF. The molecule has 0 atom stereocenters. The van der Waals surface area contributed by atoms with Crippen LogP contribution in [0.25, 0.3) is 5.57 Å². The Labute approximate surface area is 189 Å². The number of hydrogen-bond donors (Lipinski definition) is 3. The molecule has 0 aliphatic heterocycles. The number of rotatable bonds is 9. The average molecular weight is 449 g/mol. The number of hydroxylamine groups is 1. The van der Waals surface area contributed by atoms with Gasteiger partial charge in [0.1, 0.15) is 5.76 Å². The first-order valence-electron chi connectivity index (χ1n) is 10.4. The number of carbonyl (C=O) groups excluding carboxylic acids is 1. The summed E-state index contributed by atoms with van der Waals surface area (Å²) in [5.74, 6) is -0.168. The van der Waals surface area contributed by atoms with E-state index in [0.29, 0.717) is 11.3 Å². The minimum absolute atomic E-state index is 0.0358. The highest BCUT2D eigenvalue weighted by Crippen LogP contribution is 2.18. The second-order valence-corrected chi connectivity index (χ2v) is 6.34. The molecule has 0 aliphatic rings. The minimum atomic E-state index is -1.75. The van der Waals surface area contributed by atoms with E-state index in [4.69, 9.17) is 9.62 Å². The lowest BCUT2D eigenvalue weighted by molar-refractivity contribution is 0.0675. The monoisotopic (exact) mass is 448 g/mol. The van der Waals surface area contributed by atoms with E-state index in [1.54, 1.807) is 6.07 Å². The molecule has 2 aromatic rings. The number of amides is 1. The number of nitrogens with one attached hydrogen (secondary N) is 2. The van der Waals surface area contributed by atoms with Crippen LogP contribution in [0.5, 0.6) is 0 Å². The number of allylic oxidation sites excluding steroid dienone is 4. The van der Waals surface area contributed by atoms with Crippen molar-refractivity contribution in [2.75, 3.05) is 13.5 Å². The number of furan rings is 1. The summed E-state index contributed by atoms with van der Waals surface area (Å²) < 4.78 is 24.6. The highest BCUT2D eigenvalue weighted by molar-refractivity contribution is 5.91. The maximum atomic E-state index is 11.3. The molecule has 0 spiro atoms. The summed E-state index contributed by atoms with van der Waals surface area (Å²) in [5.41, 5.74) is 5.90. The molecule has 1 aromatic heterocycles. The molecule has 1 amide bonds. The Morgan fingerprint density at radius 3 is 2.25 bits per heavy atom. The molecule has 0 aliphatic carbocycles. The minimum Gasteiger partial charge on any atom is -0.451 e. The Bertz CT molecular complexity index is 856. The lowest BCUT2D eigenvalue weighted by atomic mass is 10.1. The summed E-state index contributed by atoms with van der Waals surface area (Å²) >= 11 is 0. The Hall–Kier alpha value is -3.03. The van der Waals surface area contributed by atoms with Crippen LogP contribution in [0.4, 0.5) is 8.78 Å². The van der Waals surface area contributed by atoms with E-state index >= 15 is 0 Å². The molecule has 0 fully saturated rings. The Kier molecular flexibility index (Phi) is 16.0. The van der Waals surface area contributed by atoms with Crippen molar-refractivity contribution in [3.63, 3.8) is 0 Å². The zero-order valence-electron chi connectivity index (χ0n) is 19.3. The third-order valence-electron chi connectivity index (χ3n) is 4.16. The van der Waals surface area contributed by atoms with Crippen LogP contribution in [0.2, 0.25) is 0 Å². The van der Waals surface area contributed by atoms with Gasteiger partial charge in [0, 0.05) is 12.1 Å². The molecule has 0 radical (unpaired) electrons. The first kappa shape index (κ1) is 29.0. The van der Waals surface area contributed by atoms with E-state index in [2.05, 4.69) is 49.2 Å². The van der Waals surface area contributed by atoms with Gasteiger partial charge in [0.05, 0.1) is 0 Å². The topological polar surface area (TPSA) is 74.5 Å². The van der Waals surface area contributed by atoms with Gasteiger partial charge in [0.25, 0.3) is 0 Å². The van der Waals surface area contributed by atoms with Gasteiger partial charge in [-0.15, -0.1) is 0 Å². The third kappa shape index (κ3) is 11.4. The molecular weight excluding hydrogens is 414 g/mol. The quantitative estimate of drug-likeness (QED) is 0.182. The van der Waals surface area contributed by atoms with Crippen LogP contribution in [0, 0.1) is 6.92 Å². The van der Waals surface area contributed by atoms with Gasteiger partial charge in [-0.2, -0.15) is 0 Å². The lowest BCUT2D eigenvalue weighted by Gasteiger charge is -2.06. The van der Waals surface area contributed by atoms with Gasteiger partial charge >= 0.3 is 5.91 Å². The predicted molar refractivity (Wildman–Crippen MR) is 126 cm³/mol. The molecule has 2 rings (SSSR count). The van der Waals surface area contributed by atoms with Crippen LogP contribution in [0.3, 0.4) is 0 Å². The van der Waals surface area contributed by atoms with Crippen molar-refractivity contribution in [1.29, 1.82) is 0 Å². The van der Waals surface area contributed by atoms with Crippen molar-refractivity contribution in [2.45, 2.75) is 40.7 Å². The van der Waals surface area contributed by atoms with E-state index in [9.17, 15) is 13.6 Å². The molecule has 7 heteroatoms. The van der Waals surface area contributed by atoms with E-state index in [0.717, 1.165) is 19.5 Å². The first-order chi connectivity index (χ1) is 15.4.